The number of ether oxygens (including phenoxy) is 3. The molecule has 0 saturated carbocycles. The SMILES string of the molecule is CN(C)C(=O)Oc1ccc(C[C@@H](C(=O)OC(C)(C)C)N(C(=O)[C@H]2NC(C)(C)CS2)S(=O)(=O)c2ccc(F)cc2)cc1.CN(C)C(=O)Oc1ccc(C[C@H](NC(=O)[C@@H]2CCCN2S(=O)(=O)c2ccc(C#N)cc2)C(=O)O)cc1. The summed E-state index contributed by atoms with van der Waals surface area (Å²) in [6, 6.07) is 19.7. The molecule has 0 unspecified atom stereocenters. The normalized spacial score (nSPS) is 17.0. The van der Waals surface area contributed by atoms with Crippen molar-refractivity contribution in [3.8, 4) is 17.6 Å². The Morgan fingerprint density at radius 1 is 0.818 bits per heavy atom. The molecule has 77 heavy (non-hydrogen) atoms. The summed E-state index contributed by atoms with van der Waals surface area (Å²) in [4.78, 5) is 78.1. The Morgan fingerprint density at radius 3 is 1.78 bits per heavy atom. The number of sulfonamides is 2. The molecule has 0 bridgehead atoms. The predicted molar refractivity (Wildman–Crippen MR) is 281 cm³/mol. The van der Waals surface area contributed by atoms with Crippen molar-refractivity contribution < 1.29 is 69.3 Å². The highest BCUT2D eigenvalue weighted by Crippen LogP contribution is 2.32. The van der Waals surface area contributed by atoms with Crippen molar-refractivity contribution in [1.29, 1.82) is 5.26 Å². The number of rotatable bonds is 16. The van der Waals surface area contributed by atoms with Crippen molar-refractivity contribution in [3.63, 3.8) is 0 Å². The van der Waals surface area contributed by atoms with Crippen LogP contribution in [0.2, 0.25) is 0 Å². The fraction of sp³-hybridized carbons (Fsp3) is 0.404. The van der Waals surface area contributed by atoms with Gasteiger partial charge >= 0.3 is 24.1 Å². The van der Waals surface area contributed by atoms with Gasteiger partial charge in [-0.15, -0.1) is 11.8 Å². The number of esters is 1. The summed E-state index contributed by atoms with van der Waals surface area (Å²) in [5.74, 6) is -3.36. The summed E-state index contributed by atoms with van der Waals surface area (Å²) in [7, 11) is -2.53. The van der Waals surface area contributed by atoms with Crippen LogP contribution in [0.15, 0.2) is 107 Å². The molecule has 0 radical (unpaired) electrons. The smallest absolute Gasteiger partial charge is 0.414 e. The number of amides is 4. The largest absolute Gasteiger partial charge is 0.480 e. The van der Waals surface area contributed by atoms with Crippen LogP contribution in [-0.2, 0) is 56.8 Å². The molecule has 2 saturated heterocycles. The third-order valence-corrected chi connectivity index (χ3v) is 16.8. The molecule has 2 aliphatic heterocycles. The van der Waals surface area contributed by atoms with Crippen LogP contribution in [0.1, 0.15) is 64.2 Å². The van der Waals surface area contributed by atoms with E-state index in [4.69, 9.17) is 19.5 Å². The third-order valence-electron chi connectivity index (χ3n) is 11.5. The number of thioether (sulfide) groups is 1. The first-order valence-electron chi connectivity index (χ1n) is 23.9. The van der Waals surface area contributed by atoms with E-state index in [0.29, 0.717) is 33.2 Å². The molecule has 25 heteroatoms. The number of nitriles is 1. The molecule has 6 rings (SSSR count). The minimum atomic E-state index is -4.66. The number of nitrogens with one attached hydrogen (secondary N) is 2. The summed E-state index contributed by atoms with van der Waals surface area (Å²) in [6.45, 7) is 8.77. The zero-order valence-corrected chi connectivity index (χ0v) is 46.3. The second kappa shape index (κ2) is 25.4. The molecule has 2 fully saturated rings. The van der Waals surface area contributed by atoms with Gasteiger partial charge in [-0.05, 0) is 131 Å². The Kier molecular flexibility index (Phi) is 20.0. The first kappa shape index (κ1) is 60.8. The number of hydrogen-bond acceptors (Lipinski definition) is 16. The van der Waals surface area contributed by atoms with E-state index in [0.717, 1.165) is 28.6 Å². The standard InChI is InChI=1S/C28H36FN3O7S2.C24H26N4O7S/c1-27(2,3)39-25(34)22(16-18-8-12-20(13-9-18)38-26(35)31(6)7)32(24(33)23-30-28(4,5)17-40-23)41(36,37)21-14-10-19(29)11-15-21;1-27(2)24(32)35-18-9-5-16(6-10-18)14-20(23(30)31)26-22(29)21-4-3-13-28(21)36(33,34)19-11-7-17(15-25)8-12-19/h8-15,22-23,30H,16-17H2,1-7H3;5-12,20-21H,3-4,13-14H2,1-2H3,(H,26,29)(H,30,31)/t22-,23-;20-,21-/m00/s1. The van der Waals surface area contributed by atoms with Crippen molar-refractivity contribution in [2.45, 2.75) is 105 Å². The number of halogens is 1. The summed E-state index contributed by atoms with van der Waals surface area (Å²) in [6.07, 6.45) is -0.744. The number of benzene rings is 4. The van der Waals surface area contributed by atoms with Crippen LogP contribution in [0.4, 0.5) is 14.0 Å². The second-order valence-electron chi connectivity index (χ2n) is 19.9. The van der Waals surface area contributed by atoms with E-state index >= 15 is 0 Å². The first-order chi connectivity index (χ1) is 35.9. The van der Waals surface area contributed by atoms with E-state index in [-0.39, 0.29) is 47.1 Å². The van der Waals surface area contributed by atoms with Crippen LogP contribution in [0.3, 0.4) is 0 Å². The molecule has 21 nitrogen and oxygen atoms in total. The monoisotopic (exact) mass is 1120 g/mol. The van der Waals surface area contributed by atoms with Gasteiger partial charge in [-0.2, -0.15) is 9.57 Å². The van der Waals surface area contributed by atoms with Gasteiger partial charge in [0.1, 0.15) is 46.4 Å². The van der Waals surface area contributed by atoms with Gasteiger partial charge in [-0.1, -0.05) is 24.3 Å². The van der Waals surface area contributed by atoms with Crippen LogP contribution >= 0.6 is 11.8 Å². The van der Waals surface area contributed by atoms with Crippen LogP contribution < -0.4 is 20.1 Å². The lowest BCUT2D eigenvalue weighted by Gasteiger charge is -2.33. The highest BCUT2D eigenvalue weighted by atomic mass is 32.2. The molecular weight excluding hydrogens is 1060 g/mol. The van der Waals surface area contributed by atoms with Gasteiger partial charge in [0.05, 0.1) is 21.4 Å². The summed E-state index contributed by atoms with van der Waals surface area (Å²) >= 11 is 1.23. The van der Waals surface area contributed by atoms with Crippen molar-refractivity contribution in [2.75, 3.05) is 40.5 Å². The van der Waals surface area contributed by atoms with Gasteiger partial charge in [-0.25, -0.2) is 44.7 Å². The molecule has 2 aliphatic rings. The first-order valence-corrected chi connectivity index (χ1v) is 27.8. The lowest BCUT2D eigenvalue weighted by Crippen LogP contribution is -2.56. The lowest BCUT2D eigenvalue weighted by atomic mass is 10.0. The van der Waals surface area contributed by atoms with E-state index < -0.39 is 96.4 Å². The Bertz CT molecular complexity index is 3060. The van der Waals surface area contributed by atoms with Crippen LogP contribution in [0.25, 0.3) is 0 Å². The average molecular weight is 1120 g/mol. The van der Waals surface area contributed by atoms with Gasteiger partial charge < -0.3 is 34.4 Å². The predicted octanol–water partition coefficient (Wildman–Crippen LogP) is 5.38. The van der Waals surface area contributed by atoms with Gasteiger partial charge in [0.2, 0.25) is 15.9 Å². The Labute approximate surface area is 451 Å². The third kappa shape index (κ3) is 16.4. The van der Waals surface area contributed by atoms with Gasteiger partial charge in [-0.3, -0.25) is 14.9 Å². The number of carbonyl (C=O) groups is 6. The molecule has 0 aliphatic carbocycles. The second-order valence-corrected chi connectivity index (χ2v) is 24.7. The van der Waals surface area contributed by atoms with Crippen molar-refractivity contribution in [2.24, 2.45) is 0 Å². The summed E-state index contributed by atoms with van der Waals surface area (Å²) in [5, 5.41) is 23.2. The molecule has 0 spiro atoms. The lowest BCUT2D eigenvalue weighted by molar-refractivity contribution is -0.161. The van der Waals surface area contributed by atoms with Crippen LogP contribution in [-0.4, -0.2) is 151 Å². The van der Waals surface area contributed by atoms with E-state index in [9.17, 15) is 55.1 Å². The minimum Gasteiger partial charge on any atom is -0.480 e. The van der Waals surface area contributed by atoms with Crippen LogP contribution in [0.5, 0.6) is 11.5 Å². The summed E-state index contributed by atoms with van der Waals surface area (Å²) in [5.41, 5.74) is -0.1000. The molecule has 3 N–H and O–H groups in total. The van der Waals surface area contributed by atoms with E-state index in [1.807, 2.05) is 19.9 Å². The molecule has 2 heterocycles. The molecule has 4 aromatic rings. The Balaban J connectivity index is 0.000000286. The highest BCUT2D eigenvalue weighted by Gasteiger charge is 2.47. The molecule has 414 valence electrons. The highest BCUT2D eigenvalue weighted by molar-refractivity contribution is 8.01. The summed E-state index contributed by atoms with van der Waals surface area (Å²) < 4.78 is 85.6. The van der Waals surface area contributed by atoms with Crippen molar-refractivity contribution in [1.82, 2.24) is 29.0 Å². The zero-order chi connectivity index (χ0) is 57.2. The fourth-order valence-corrected chi connectivity index (χ4v) is 12.2. The van der Waals surface area contributed by atoms with E-state index in [1.54, 1.807) is 45.0 Å². The molecular formula is C52H62FN7O14S3. The van der Waals surface area contributed by atoms with Crippen molar-refractivity contribution in [3.05, 3.63) is 120 Å². The Hall–Kier alpha value is -7.11. The zero-order valence-electron chi connectivity index (χ0n) is 43.9. The average Bonchev–Trinajstić information content (AvgIpc) is 4.03. The van der Waals surface area contributed by atoms with Gasteiger partial charge in [0.25, 0.3) is 15.9 Å². The number of carbonyl (C=O) groups excluding carboxylic acids is 5. The van der Waals surface area contributed by atoms with Gasteiger partial charge in [0.15, 0.2) is 0 Å². The fourth-order valence-electron chi connectivity index (χ4n) is 7.59. The molecule has 0 aromatic heterocycles. The van der Waals surface area contributed by atoms with Crippen molar-refractivity contribution >= 4 is 67.7 Å². The number of nitrogens with zero attached hydrogens (tertiary/aromatic N) is 5. The number of hydrogen-bond donors (Lipinski definition) is 3. The van der Waals surface area contributed by atoms with E-state index in [1.165, 1.54) is 98.3 Å². The Morgan fingerprint density at radius 2 is 1.32 bits per heavy atom. The van der Waals surface area contributed by atoms with E-state index in [2.05, 4.69) is 10.6 Å². The maximum Gasteiger partial charge on any atom is 0.414 e. The number of carboxylic acids is 1. The maximum atomic E-state index is 14.0. The number of aliphatic carboxylic acids is 1. The van der Waals surface area contributed by atoms with Gasteiger partial charge in [0, 0.05) is 58.9 Å². The van der Waals surface area contributed by atoms with Crippen LogP contribution in [0, 0.1) is 17.1 Å². The number of carboxylic acid groups (broad SMARTS) is 1. The molecule has 4 aromatic carbocycles. The quantitative estimate of drug-likeness (QED) is 0.119. The maximum absolute atomic E-state index is 14.0. The molecule has 4 amide bonds. The minimum absolute atomic E-state index is 0.0500. The molecule has 4 atom stereocenters. The topological polar surface area (TPSA) is 279 Å².